The molecule has 0 aliphatic carbocycles. The van der Waals surface area contributed by atoms with E-state index in [1.165, 1.54) is 0 Å². The lowest BCUT2D eigenvalue weighted by Gasteiger charge is -2.19. The van der Waals surface area contributed by atoms with Gasteiger partial charge in [0.15, 0.2) is 0 Å². The zero-order valence-electron chi connectivity index (χ0n) is 10.4. The maximum Gasteiger partial charge on any atom is 0.320 e. The van der Waals surface area contributed by atoms with E-state index >= 15 is 0 Å². The van der Waals surface area contributed by atoms with Crippen LogP contribution in [0.25, 0.3) is 0 Å². The van der Waals surface area contributed by atoms with Crippen LogP contribution < -0.4 is 0 Å². The van der Waals surface area contributed by atoms with Gasteiger partial charge in [0.1, 0.15) is 0 Å². The Hall–Kier alpha value is -1.49. The third-order valence-electron chi connectivity index (χ3n) is 2.20. The summed E-state index contributed by atoms with van der Waals surface area (Å²) in [7, 11) is 0. The zero-order valence-corrected chi connectivity index (χ0v) is 10.4. The van der Waals surface area contributed by atoms with Crippen LogP contribution >= 0.6 is 0 Å². The van der Waals surface area contributed by atoms with Gasteiger partial charge in [-0.15, -0.1) is 0 Å². The number of carbonyl (C=O) groups is 1. The van der Waals surface area contributed by atoms with Crippen LogP contribution in [0.3, 0.4) is 0 Å². The largest absolute Gasteiger partial charge is 0.465 e. The Morgan fingerprint density at radius 3 is 2.82 bits per heavy atom. The molecule has 0 spiro atoms. The Labute approximate surface area is 102 Å². The summed E-state index contributed by atoms with van der Waals surface area (Å²) < 4.78 is 4.94. The highest BCUT2D eigenvalue weighted by atomic mass is 16.5. The van der Waals surface area contributed by atoms with Crippen LogP contribution in [0, 0.1) is 0 Å². The third kappa shape index (κ3) is 5.40. The van der Waals surface area contributed by atoms with Crippen molar-refractivity contribution in [2.75, 3.05) is 19.7 Å². The predicted octanol–water partition coefficient (Wildman–Crippen LogP) is 1.25. The Morgan fingerprint density at radius 1 is 1.41 bits per heavy atom. The van der Waals surface area contributed by atoms with Gasteiger partial charge in [-0.3, -0.25) is 19.7 Å². The van der Waals surface area contributed by atoms with E-state index < -0.39 is 0 Å². The highest BCUT2D eigenvalue weighted by Crippen LogP contribution is 2.01. The molecule has 0 fully saturated rings. The zero-order chi connectivity index (χ0) is 12.5. The van der Waals surface area contributed by atoms with Gasteiger partial charge < -0.3 is 4.74 Å². The lowest BCUT2D eigenvalue weighted by atomic mass is 10.3. The normalized spacial score (nSPS) is 10.5. The van der Waals surface area contributed by atoms with Gasteiger partial charge >= 0.3 is 5.97 Å². The fraction of sp³-hybridized carbons (Fsp3) is 0.583. The molecular formula is C12H19N3O2. The molecule has 94 valence electrons. The van der Waals surface area contributed by atoms with Crippen molar-refractivity contribution in [2.24, 2.45) is 0 Å². The highest BCUT2D eigenvalue weighted by Gasteiger charge is 2.11. The van der Waals surface area contributed by atoms with Crippen LogP contribution in [0.1, 0.15) is 26.0 Å². The molecule has 0 atom stereocenters. The molecule has 1 heterocycles. The number of aromatic nitrogens is 2. The summed E-state index contributed by atoms with van der Waals surface area (Å²) in [6, 6.07) is 0. The Balaban J connectivity index is 2.51. The van der Waals surface area contributed by atoms with Gasteiger partial charge in [-0.05, 0) is 19.9 Å². The van der Waals surface area contributed by atoms with E-state index in [-0.39, 0.29) is 5.97 Å². The minimum atomic E-state index is -0.190. The van der Waals surface area contributed by atoms with Gasteiger partial charge in [0.25, 0.3) is 0 Å². The fourth-order valence-electron chi connectivity index (χ4n) is 1.56. The van der Waals surface area contributed by atoms with E-state index in [1.54, 1.807) is 18.6 Å². The van der Waals surface area contributed by atoms with Crippen molar-refractivity contribution in [3.05, 3.63) is 24.3 Å². The van der Waals surface area contributed by atoms with Crippen molar-refractivity contribution in [3.8, 4) is 0 Å². The first-order valence-corrected chi connectivity index (χ1v) is 5.89. The highest BCUT2D eigenvalue weighted by molar-refractivity contribution is 5.71. The quantitative estimate of drug-likeness (QED) is 0.668. The van der Waals surface area contributed by atoms with Crippen molar-refractivity contribution in [1.82, 2.24) is 14.9 Å². The van der Waals surface area contributed by atoms with E-state index in [1.807, 2.05) is 11.8 Å². The maximum absolute atomic E-state index is 11.4. The van der Waals surface area contributed by atoms with Gasteiger partial charge in [0, 0.05) is 25.1 Å². The molecule has 0 aromatic carbocycles. The number of esters is 1. The van der Waals surface area contributed by atoms with Gasteiger partial charge in [-0.2, -0.15) is 0 Å². The first-order chi connectivity index (χ1) is 8.26. The average Bonchev–Trinajstić information content (AvgIpc) is 2.31. The number of hydrogen-bond donors (Lipinski definition) is 0. The lowest BCUT2D eigenvalue weighted by Crippen LogP contribution is -2.31. The number of carbonyl (C=O) groups excluding carboxylic acids is 1. The van der Waals surface area contributed by atoms with Gasteiger partial charge in [-0.25, -0.2) is 0 Å². The van der Waals surface area contributed by atoms with E-state index in [0.717, 1.165) is 18.7 Å². The molecule has 5 nitrogen and oxygen atoms in total. The van der Waals surface area contributed by atoms with Crippen LogP contribution in [-0.2, 0) is 16.1 Å². The van der Waals surface area contributed by atoms with Crippen LogP contribution in [0.5, 0.6) is 0 Å². The minimum absolute atomic E-state index is 0.190. The topological polar surface area (TPSA) is 55.3 Å². The smallest absolute Gasteiger partial charge is 0.320 e. The van der Waals surface area contributed by atoms with Crippen LogP contribution in [0.4, 0.5) is 0 Å². The number of hydrogen-bond acceptors (Lipinski definition) is 5. The minimum Gasteiger partial charge on any atom is -0.465 e. The van der Waals surface area contributed by atoms with E-state index in [9.17, 15) is 4.79 Å². The molecule has 0 aliphatic heterocycles. The first kappa shape index (κ1) is 13.6. The summed E-state index contributed by atoms with van der Waals surface area (Å²) in [5.41, 5.74) is 0.866. The summed E-state index contributed by atoms with van der Waals surface area (Å²) in [6.45, 7) is 6.08. The van der Waals surface area contributed by atoms with E-state index in [0.29, 0.717) is 19.7 Å². The van der Waals surface area contributed by atoms with Crippen LogP contribution in [0.2, 0.25) is 0 Å². The molecule has 0 saturated heterocycles. The molecule has 0 unspecified atom stereocenters. The fourth-order valence-corrected chi connectivity index (χ4v) is 1.56. The average molecular weight is 237 g/mol. The summed E-state index contributed by atoms with van der Waals surface area (Å²) in [6.07, 6.45) is 6.00. The maximum atomic E-state index is 11.4. The third-order valence-corrected chi connectivity index (χ3v) is 2.20. The van der Waals surface area contributed by atoms with Gasteiger partial charge in [0.2, 0.25) is 0 Å². The molecule has 0 N–H and O–H groups in total. The molecule has 0 aliphatic rings. The molecular weight excluding hydrogens is 218 g/mol. The predicted molar refractivity (Wildman–Crippen MR) is 64.2 cm³/mol. The Bertz CT molecular complexity index is 330. The SMILES string of the molecule is CCCN(CC(=O)OCC)Cc1cnccn1. The molecule has 17 heavy (non-hydrogen) atoms. The second-order valence-electron chi connectivity index (χ2n) is 3.71. The molecule has 1 rings (SSSR count). The number of rotatable bonds is 7. The van der Waals surface area contributed by atoms with E-state index in [4.69, 9.17) is 4.74 Å². The molecule has 0 amide bonds. The van der Waals surface area contributed by atoms with Crippen molar-refractivity contribution >= 4 is 5.97 Å². The molecule has 1 aromatic heterocycles. The molecule has 5 heteroatoms. The van der Waals surface area contributed by atoms with Crippen molar-refractivity contribution < 1.29 is 9.53 Å². The van der Waals surface area contributed by atoms with Gasteiger partial charge in [-0.1, -0.05) is 6.92 Å². The van der Waals surface area contributed by atoms with Crippen LogP contribution in [0.15, 0.2) is 18.6 Å². The summed E-state index contributed by atoms with van der Waals surface area (Å²) in [5, 5.41) is 0. The molecule has 0 saturated carbocycles. The van der Waals surface area contributed by atoms with Crippen molar-refractivity contribution in [2.45, 2.75) is 26.8 Å². The molecule has 0 radical (unpaired) electrons. The standard InChI is InChI=1S/C12H19N3O2/c1-3-7-15(10-12(16)17-4-2)9-11-8-13-5-6-14-11/h5-6,8H,3-4,7,9-10H2,1-2H3. The molecule has 0 bridgehead atoms. The summed E-state index contributed by atoms with van der Waals surface area (Å²) >= 11 is 0. The number of nitrogens with zero attached hydrogens (tertiary/aromatic N) is 3. The van der Waals surface area contributed by atoms with Crippen molar-refractivity contribution in [1.29, 1.82) is 0 Å². The number of ether oxygens (including phenoxy) is 1. The van der Waals surface area contributed by atoms with Crippen LogP contribution in [-0.4, -0.2) is 40.5 Å². The summed E-state index contributed by atoms with van der Waals surface area (Å²) in [4.78, 5) is 21.6. The summed E-state index contributed by atoms with van der Waals surface area (Å²) in [5.74, 6) is -0.190. The Morgan fingerprint density at radius 2 is 2.24 bits per heavy atom. The second kappa shape index (κ2) is 7.73. The Kier molecular flexibility index (Phi) is 6.17. The van der Waals surface area contributed by atoms with E-state index in [2.05, 4.69) is 16.9 Å². The van der Waals surface area contributed by atoms with Gasteiger partial charge in [0.05, 0.1) is 18.8 Å². The molecule has 1 aromatic rings. The monoisotopic (exact) mass is 237 g/mol. The lowest BCUT2D eigenvalue weighted by molar-refractivity contribution is -0.144. The second-order valence-corrected chi connectivity index (χ2v) is 3.71. The van der Waals surface area contributed by atoms with Crippen molar-refractivity contribution in [3.63, 3.8) is 0 Å². The first-order valence-electron chi connectivity index (χ1n) is 5.89.